The van der Waals surface area contributed by atoms with Crippen LogP contribution in [-0.4, -0.2) is 15.9 Å². The molecule has 5 heteroatoms. The van der Waals surface area contributed by atoms with Gasteiger partial charge < -0.3 is 9.73 Å². The molecule has 2 aromatic carbocycles. The summed E-state index contributed by atoms with van der Waals surface area (Å²) in [5.74, 6) is 0.675. The number of pyridine rings is 1. The van der Waals surface area contributed by atoms with Crippen LogP contribution in [-0.2, 0) is 16.8 Å². The van der Waals surface area contributed by atoms with Crippen LogP contribution < -0.4 is 5.32 Å². The van der Waals surface area contributed by atoms with E-state index in [0.29, 0.717) is 23.7 Å². The average molecular weight is 397 g/mol. The number of amides is 1. The van der Waals surface area contributed by atoms with Gasteiger partial charge in [-0.05, 0) is 48.2 Å². The van der Waals surface area contributed by atoms with Gasteiger partial charge in [0, 0.05) is 18.3 Å². The Balaban J connectivity index is 1.30. The van der Waals surface area contributed by atoms with Gasteiger partial charge in [0.25, 0.3) is 0 Å². The highest BCUT2D eigenvalue weighted by Crippen LogP contribution is 2.41. The Labute approximate surface area is 175 Å². The van der Waals surface area contributed by atoms with Crippen LogP contribution >= 0.6 is 0 Å². The molecule has 5 nitrogen and oxygen atoms in total. The van der Waals surface area contributed by atoms with Crippen LogP contribution in [0.5, 0.6) is 0 Å². The number of hydrogen-bond donors (Lipinski definition) is 1. The number of benzene rings is 2. The Kier molecular flexibility index (Phi) is 4.79. The van der Waals surface area contributed by atoms with Crippen molar-refractivity contribution >= 4 is 17.1 Å². The molecule has 2 aromatic heterocycles. The lowest BCUT2D eigenvalue weighted by molar-refractivity contribution is -0.126. The smallest absolute Gasteiger partial charge is 0.230 e. The van der Waals surface area contributed by atoms with Crippen molar-refractivity contribution in [3.05, 3.63) is 84.1 Å². The highest BCUT2D eigenvalue weighted by molar-refractivity contribution is 5.88. The number of oxazole rings is 1. The van der Waals surface area contributed by atoms with E-state index in [1.54, 1.807) is 6.20 Å². The minimum Gasteiger partial charge on any atom is -0.434 e. The number of nitrogens with one attached hydrogen (secondary N) is 1. The number of rotatable bonds is 5. The lowest BCUT2D eigenvalue weighted by Crippen LogP contribution is -2.42. The number of nitrogens with zero attached hydrogens (tertiary/aromatic N) is 2. The SMILES string of the molecule is O=C(NCc1ccc(-c2nc3ncccc3o2)cc1)C1(c2ccccc2)CCCC1. The summed E-state index contributed by atoms with van der Waals surface area (Å²) in [6.07, 6.45) is 5.71. The van der Waals surface area contributed by atoms with E-state index >= 15 is 0 Å². The third-order valence-electron chi connectivity index (χ3n) is 6.04. The molecule has 0 unspecified atom stereocenters. The summed E-state index contributed by atoms with van der Waals surface area (Å²) in [5, 5.41) is 3.17. The fraction of sp³-hybridized carbons (Fsp3) is 0.240. The molecule has 1 aliphatic rings. The Hall–Kier alpha value is -3.47. The second-order valence-corrected chi connectivity index (χ2v) is 7.88. The van der Waals surface area contributed by atoms with E-state index in [1.165, 1.54) is 0 Å². The average Bonchev–Trinajstić information content (AvgIpc) is 3.46. The first kappa shape index (κ1) is 18.6. The van der Waals surface area contributed by atoms with Gasteiger partial charge in [-0.25, -0.2) is 4.98 Å². The highest BCUT2D eigenvalue weighted by atomic mass is 16.3. The molecule has 150 valence electrons. The lowest BCUT2D eigenvalue weighted by atomic mass is 9.78. The van der Waals surface area contributed by atoms with E-state index < -0.39 is 5.41 Å². The molecule has 0 aliphatic heterocycles. The first-order valence-corrected chi connectivity index (χ1v) is 10.4. The molecule has 0 spiro atoms. The third kappa shape index (κ3) is 3.36. The van der Waals surface area contributed by atoms with E-state index in [9.17, 15) is 4.79 Å². The van der Waals surface area contributed by atoms with Crippen LogP contribution in [0.25, 0.3) is 22.7 Å². The molecule has 1 amide bonds. The van der Waals surface area contributed by atoms with Crippen LogP contribution in [0.15, 0.2) is 77.3 Å². The van der Waals surface area contributed by atoms with E-state index in [2.05, 4.69) is 27.4 Å². The molecule has 1 aliphatic carbocycles. The van der Waals surface area contributed by atoms with Gasteiger partial charge in [-0.1, -0.05) is 55.3 Å². The van der Waals surface area contributed by atoms with E-state index in [4.69, 9.17) is 4.42 Å². The Morgan fingerprint density at radius 2 is 1.73 bits per heavy atom. The van der Waals surface area contributed by atoms with Gasteiger partial charge in [-0.15, -0.1) is 0 Å². The van der Waals surface area contributed by atoms with Gasteiger partial charge in [-0.2, -0.15) is 4.98 Å². The molecule has 2 heterocycles. The van der Waals surface area contributed by atoms with Crippen LogP contribution in [0, 0.1) is 0 Å². The zero-order valence-corrected chi connectivity index (χ0v) is 16.7. The maximum Gasteiger partial charge on any atom is 0.230 e. The van der Waals surface area contributed by atoms with Gasteiger partial charge in [0.1, 0.15) is 0 Å². The predicted octanol–water partition coefficient (Wildman–Crippen LogP) is 5.02. The Bertz CT molecular complexity index is 1130. The van der Waals surface area contributed by atoms with Crippen molar-refractivity contribution in [3.63, 3.8) is 0 Å². The molecule has 0 atom stereocenters. The highest BCUT2D eigenvalue weighted by Gasteiger charge is 2.42. The number of carbonyl (C=O) groups is 1. The molecule has 1 fully saturated rings. The molecular weight excluding hydrogens is 374 g/mol. The quantitative estimate of drug-likeness (QED) is 0.513. The van der Waals surface area contributed by atoms with Gasteiger partial charge in [-0.3, -0.25) is 4.79 Å². The van der Waals surface area contributed by atoms with E-state index in [1.807, 2.05) is 54.6 Å². The second-order valence-electron chi connectivity index (χ2n) is 7.88. The van der Waals surface area contributed by atoms with Crippen LogP contribution in [0.1, 0.15) is 36.8 Å². The van der Waals surface area contributed by atoms with Crippen molar-refractivity contribution in [2.24, 2.45) is 0 Å². The van der Waals surface area contributed by atoms with Crippen LogP contribution in [0.2, 0.25) is 0 Å². The first-order chi connectivity index (χ1) is 14.7. The summed E-state index contributed by atoms with van der Waals surface area (Å²) in [6.45, 7) is 0.503. The summed E-state index contributed by atoms with van der Waals surface area (Å²) in [4.78, 5) is 21.8. The van der Waals surface area contributed by atoms with Gasteiger partial charge >= 0.3 is 0 Å². The van der Waals surface area contributed by atoms with Crippen molar-refractivity contribution in [2.45, 2.75) is 37.6 Å². The maximum atomic E-state index is 13.2. The number of hydrogen-bond acceptors (Lipinski definition) is 4. The van der Waals surface area contributed by atoms with E-state index in [-0.39, 0.29) is 5.91 Å². The minimum atomic E-state index is -0.396. The lowest BCUT2D eigenvalue weighted by Gasteiger charge is -2.28. The largest absolute Gasteiger partial charge is 0.434 e. The number of carbonyl (C=O) groups excluding carboxylic acids is 1. The minimum absolute atomic E-state index is 0.125. The first-order valence-electron chi connectivity index (χ1n) is 10.4. The third-order valence-corrected chi connectivity index (χ3v) is 6.04. The topological polar surface area (TPSA) is 68.0 Å². The standard InChI is InChI=1S/C25H23N3O2/c29-24(25(14-4-5-15-25)20-7-2-1-3-8-20)27-17-18-10-12-19(13-11-18)23-28-22-21(30-23)9-6-16-26-22/h1-3,6-13,16H,4-5,14-15,17H2,(H,27,29). The fourth-order valence-corrected chi connectivity index (χ4v) is 4.39. The molecule has 5 rings (SSSR count). The molecule has 0 bridgehead atoms. The Morgan fingerprint density at radius 3 is 2.47 bits per heavy atom. The summed E-state index contributed by atoms with van der Waals surface area (Å²) >= 11 is 0. The van der Waals surface area contributed by atoms with E-state index in [0.717, 1.165) is 42.4 Å². The van der Waals surface area contributed by atoms with Crippen LogP contribution in [0.3, 0.4) is 0 Å². The maximum absolute atomic E-state index is 13.2. The van der Waals surface area contributed by atoms with Crippen molar-refractivity contribution in [1.82, 2.24) is 15.3 Å². The molecule has 0 saturated heterocycles. The summed E-state index contributed by atoms with van der Waals surface area (Å²) in [7, 11) is 0. The molecule has 4 aromatic rings. The summed E-state index contributed by atoms with van der Waals surface area (Å²) in [5.41, 5.74) is 3.94. The van der Waals surface area contributed by atoms with Crippen molar-refractivity contribution < 1.29 is 9.21 Å². The summed E-state index contributed by atoms with van der Waals surface area (Å²) in [6, 6.07) is 21.8. The normalized spacial score (nSPS) is 15.3. The summed E-state index contributed by atoms with van der Waals surface area (Å²) < 4.78 is 5.78. The molecular formula is C25H23N3O2. The van der Waals surface area contributed by atoms with Crippen molar-refractivity contribution in [3.8, 4) is 11.5 Å². The number of fused-ring (bicyclic) bond motifs is 1. The Morgan fingerprint density at radius 1 is 0.967 bits per heavy atom. The second kappa shape index (κ2) is 7.75. The van der Waals surface area contributed by atoms with Gasteiger partial charge in [0.05, 0.1) is 5.41 Å². The number of aromatic nitrogens is 2. The zero-order chi connectivity index (χ0) is 20.4. The van der Waals surface area contributed by atoms with Gasteiger partial charge in [0.2, 0.25) is 11.8 Å². The monoisotopic (exact) mass is 397 g/mol. The fourth-order valence-electron chi connectivity index (χ4n) is 4.39. The molecule has 30 heavy (non-hydrogen) atoms. The van der Waals surface area contributed by atoms with Gasteiger partial charge in [0.15, 0.2) is 11.2 Å². The molecule has 1 N–H and O–H groups in total. The van der Waals surface area contributed by atoms with Crippen molar-refractivity contribution in [2.75, 3.05) is 0 Å². The molecule has 1 saturated carbocycles. The van der Waals surface area contributed by atoms with Crippen LogP contribution in [0.4, 0.5) is 0 Å². The zero-order valence-electron chi connectivity index (χ0n) is 16.7. The van der Waals surface area contributed by atoms with Crippen molar-refractivity contribution in [1.29, 1.82) is 0 Å². The molecule has 0 radical (unpaired) electrons. The predicted molar refractivity (Wildman–Crippen MR) is 116 cm³/mol.